The molecule has 0 spiro atoms. The highest BCUT2D eigenvalue weighted by Crippen LogP contribution is 2.22. The van der Waals surface area contributed by atoms with E-state index >= 15 is 0 Å². The van der Waals surface area contributed by atoms with Crippen molar-refractivity contribution in [2.45, 2.75) is 13.2 Å². The van der Waals surface area contributed by atoms with E-state index in [0.29, 0.717) is 18.9 Å². The van der Waals surface area contributed by atoms with Gasteiger partial charge >= 0.3 is 0 Å². The Morgan fingerprint density at radius 3 is 2.76 bits per heavy atom. The van der Waals surface area contributed by atoms with Crippen molar-refractivity contribution < 1.29 is 9.13 Å². The summed E-state index contributed by atoms with van der Waals surface area (Å²) in [6.45, 7) is 0.923. The van der Waals surface area contributed by atoms with E-state index in [0.717, 1.165) is 22.2 Å². The monoisotopic (exact) mass is 284 g/mol. The Morgan fingerprint density at radius 2 is 2.00 bits per heavy atom. The minimum absolute atomic E-state index is 0.294. The molecule has 0 fully saturated rings. The maximum atomic E-state index is 13.1. The van der Waals surface area contributed by atoms with Crippen LogP contribution in [0.15, 0.2) is 48.5 Å². The standard InChI is InChI=1S/C17H17FN2O/c1-20-15(11-21-16-4-2-3-14(18)9-16)8-13-7-12(10-19)5-6-17(13)20/h2-9H,10-11,19H2,1H3. The zero-order valence-corrected chi connectivity index (χ0v) is 11.8. The smallest absolute Gasteiger partial charge is 0.128 e. The highest BCUT2D eigenvalue weighted by molar-refractivity contribution is 5.82. The van der Waals surface area contributed by atoms with Gasteiger partial charge in [-0.3, -0.25) is 0 Å². The highest BCUT2D eigenvalue weighted by Gasteiger charge is 2.07. The third-order valence-electron chi connectivity index (χ3n) is 3.62. The van der Waals surface area contributed by atoms with Crippen molar-refractivity contribution >= 4 is 10.9 Å². The summed E-state index contributed by atoms with van der Waals surface area (Å²) in [5.41, 5.74) is 8.93. The Bertz CT molecular complexity index is 780. The third kappa shape index (κ3) is 2.76. The van der Waals surface area contributed by atoms with Crippen LogP contribution in [0.4, 0.5) is 4.39 Å². The first kappa shape index (κ1) is 13.6. The van der Waals surface area contributed by atoms with Crippen molar-refractivity contribution in [3.8, 4) is 5.75 Å². The molecule has 3 nitrogen and oxygen atoms in total. The number of nitrogens with two attached hydrogens (primary N) is 1. The summed E-state index contributed by atoms with van der Waals surface area (Å²) in [5.74, 6) is 0.236. The van der Waals surface area contributed by atoms with E-state index in [2.05, 4.69) is 22.8 Å². The van der Waals surface area contributed by atoms with Crippen molar-refractivity contribution in [3.63, 3.8) is 0 Å². The Hall–Kier alpha value is -2.33. The first-order valence-corrected chi connectivity index (χ1v) is 6.83. The number of hydrogen-bond acceptors (Lipinski definition) is 2. The Balaban J connectivity index is 1.85. The Kier molecular flexibility index (Phi) is 3.62. The number of aryl methyl sites for hydroxylation is 1. The van der Waals surface area contributed by atoms with Crippen molar-refractivity contribution in [3.05, 3.63) is 65.6 Å². The molecule has 3 rings (SSSR count). The fourth-order valence-corrected chi connectivity index (χ4v) is 2.44. The molecule has 0 radical (unpaired) electrons. The fraction of sp³-hybridized carbons (Fsp3) is 0.176. The molecule has 1 aromatic heterocycles. The van der Waals surface area contributed by atoms with Crippen molar-refractivity contribution in [2.75, 3.05) is 0 Å². The van der Waals surface area contributed by atoms with Crippen LogP contribution in [0.2, 0.25) is 0 Å². The molecule has 108 valence electrons. The number of rotatable bonds is 4. The van der Waals surface area contributed by atoms with E-state index < -0.39 is 0 Å². The van der Waals surface area contributed by atoms with Gasteiger partial charge in [-0.05, 0) is 35.9 Å². The SMILES string of the molecule is Cn1c(COc2cccc(F)c2)cc2cc(CN)ccc21. The average molecular weight is 284 g/mol. The van der Waals surface area contributed by atoms with Crippen LogP contribution in [0, 0.1) is 5.82 Å². The van der Waals surface area contributed by atoms with Gasteiger partial charge in [-0.2, -0.15) is 0 Å². The molecule has 0 atom stereocenters. The minimum atomic E-state index is -0.294. The van der Waals surface area contributed by atoms with Crippen LogP contribution in [-0.4, -0.2) is 4.57 Å². The number of benzene rings is 2. The van der Waals surface area contributed by atoms with Crippen LogP contribution in [0.3, 0.4) is 0 Å². The molecule has 0 unspecified atom stereocenters. The normalized spacial score (nSPS) is 11.0. The predicted octanol–water partition coefficient (Wildman–Crippen LogP) is 3.36. The van der Waals surface area contributed by atoms with E-state index in [4.69, 9.17) is 10.5 Å². The molecular weight excluding hydrogens is 267 g/mol. The number of nitrogens with zero attached hydrogens (tertiary/aromatic N) is 1. The van der Waals surface area contributed by atoms with Crippen LogP contribution >= 0.6 is 0 Å². The molecule has 0 saturated carbocycles. The molecule has 4 heteroatoms. The summed E-state index contributed by atoms with van der Waals surface area (Å²) in [6.07, 6.45) is 0. The summed E-state index contributed by atoms with van der Waals surface area (Å²) in [5, 5.41) is 1.14. The molecule has 21 heavy (non-hydrogen) atoms. The van der Waals surface area contributed by atoms with Crippen LogP contribution in [0.1, 0.15) is 11.3 Å². The lowest BCUT2D eigenvalue weighted by molar-refractivity contribution is 0.296. The van der Waals surface area contributed by atoms with Gasteiger partial charge in [0, 0.05) is 30.6 Å². The first-order valence-electron chi connectivity index (χ1n) is 6.83. The maximum absolute atomic E-state index is 13.1. The lowest BCUT2D eigenvalue weighted by Gasteiger charge is -2.07. The van der Waals surface area contributed by atoms with Crippen LogP contribution < -0.4 is 10.5 Å². The lowest BCUT2D eigenvalue weighted by Crippen LogP contribution is -2.01. The lowest BCUT2D eigenvalue weighted by atomic mass is 10.1. The van der Waals surface area contributed by atoms with Crippen molar-refractivity contribution in [2.24, 2.45) is 12.8 Å². The summed E-state index contributed by atoms with van der Waals surface area (Å²) >= 11 is 0. The molecule has 1 heterocycles. The molecule has 0 bridgehead atoms. The highest BCUT2D eigenvalue weighted by atomic mass is 19.1. The quantitative estimate of drug-likeness (QED) is 0.798. The molecule has 0 aliphatic carbocycles. The molecule has 2 aromatic carbocycles. The zero-order valence-electron chi connectivity index (χ0n) is 11.8. The first-order chi connectivity index (χ1) is 10.2. The third-order valence-corrected chi connectivity index (χ3v) is 3.62. The van der Waals surface area contributed by atoms with Gasteiger partial charge in [0.25, 0.3) is 0 Å². The largest absolute Gasteiger partial charge is 0.487 e. The van der Waals surface area contributed by atoms with Crippen molar-refractivity contribution in [1.82, 2.24) is 4.57 Å². The number of hydrogen-bond donors (Lipinski definition) is 1. The maximum Gasteiger partial charge on any atom is 0.128 e. The second-order valence-corrected chi connectivity index (χ2v) is 5.04. The van der Waals surface area contributed by atoms with Crippen LogP contribution in [-0.2, 0) is 20.2 Å². The second-order valence-electron chi connectivity index (χ2n) is 5.04. The molecule has 0 saturated heterocycles. The molecule has 0 aliphatic heterocycles. The van der Waals surface area contributed by atoms with Gasteiger partial charge in [0.1, 0.15) is 18.2 Å². The summed E-state index contributed by atoms with van der Waals surface area (Å²) in [6, 6.07) is 14.4. The van der Waals surface area contributed by atoms with Crippen LogP contribution in [0.5, 0.6) is 5.75 Å². The predicted molar refractivity (Wildman–Crippen MR) is 81.5 cm³/mol. The number of ether oxygens (including phenoxy) is 1. The summed E-state index contributed by atoms with van der Waals surface area (Å²) in [7, 11) is 1.99. The van der Waals surface area contributed by atoms with Crippen molar-refractivity contribution in [1.29, 1.82) is 0 Å². The summed E-state index contributed by atoms with van der Waals surface area (Å²) in [4.78, 5) is 0. The zero-order chi connectivity index (χ0) is 14.8. The topological polar surface area (TPSA) is 40.2 Å². The van der Waals surface area contributed by atoms with Gasteiger partial charge in [0.15, 0.2) is 0 Å². The Labute approximate surface area is 122 Å². The van der Waals surface area contributed by atoms with E-state index in [1.807, 2.05) is 13.1 Å². The van der Waals surface area contributed by atoms with E-state index in [1.54, 1.807) is 12.1 Å². The van der Waals surface area contributed by atoms with Gasteiger partial charge in [-0.15, -0.1) is 0 Å². The number of halogens is 1. The van der Waals surface area contributed by atoms with Gasteiger partial charge in [-0.1, -0.05) is 12.1 Å². The molecule has 0 amide bonds. The van der Waals surface area contributed by atoms with Gasteiger partial charge in [0.2, 0.25) is 0 Å². The second kappa shape index (κ2) is 5.58. The molecular formula is C17H17FN2O. The van der Waals surface area contributed by atoms with Gasteiger partial charge in [0.05, 0.1) is 5.69 Å². The Morgan fingerprint density at radius 1 is 1.14 bits per heavy atom. The molecule has 0 aliphatic rings. The minimum Gasteiger partial charge on any atom is -0.487 e. The molecule has 2 N–H and O–H groups in total. The average Bonchev–Trinajstić information content (AvgIpc) is 2.81. The molecule has 3 aromatic rings. The van der Waals surface area contributed by atoms with E-state index in [-0.39, 0.29) is 5.82 Å². The van der Waals surface area contributed by atoms with E-state index in [9.17, 15) is 4.39 Å². The van der Waals surface area contributed by atoms with E-state index in [1.165, 1.54) is 12.1 Å². The number of fused-ring (bicyclic) bond motifs is 1. The van der Waals surface area contributed by atoms with Crippen LogP contribution in [0.25, 0.3) is 10.9 Å². The fourth-order valence-electron chi connectivity index (χ4n) is 2.44. The summed E-state index contributed by atoms with van der Waals surface area (Å²) < 4.78 is 20.9. The van der Waals surface area contributed by atoms with Gasteiger partial charge in [-0.25, -0.2) is 4.39 Å². The van der Waals surface area contributed by atoms with Gasteiger partial charge < -0.3 is 15.0 Å². The number of aromatic nitrogens is 1.